The van der Waals surface area contributed by atoms with Crippen LogP contribution in [0.25, 0.3) is 10.1 Å². The zero-order valence-corrected chi connectivity index (χ0v) is 11.7. The largest absolute Gasteiger partial charge is 0.310 e. The van der Waals surface area contributed by atoms with Crippen molar-refractivity contribution in [2.75, 3.05) is 0 Å². The quantitative estimate of drug-likeness (QED) is 0.828. The van der Waals surface area contributed by atoms with Crippen LogP contribution in [0.2, 0.25) is 0 Å². The van der Waals surface area contributed by atoms with Crippen LogP contribution >= 0.6 is 11.3 Å². The van der Waals surface area contributed by atoms with Crippen molar-refractivity contribution in [3.8, 4) is 0 Å². The second-order valence-corrected chi connectivity index (χ2v) is 5.92. The molecule has 0 radical (unpaired) electrons. The van der Waals surface area contributed by atoms with E-state index < -0.39 is 0 Å². The van der Waals surface area contributed by atoms with E-state index in [0.29, 0.717) is 6.04 Å². The lowest BCUT2D eigenvalue weighted by molar-refractivity contribution is 0.591. The molecule has 0 amide bonds. The number of rotatable bonds is 5. The van der Waals surface area contributed by atoms with Crippen LogP contribution in [0.3, 0.4) is 0 Å². The van der Waals surface area contributed by atoms with Crippen LogP contribution in [0, 0.1) is 0 Å². The molecule has 1 nitrogen and oxygen atoms in total. The summed E-state index contributed by atoms with van der Waals surface area (Å²) in [5, 5.41) is 4.99. The molecule has 1 aromatic heterocycles. The highest BCUT2D eigenvalue weighted by Crippen LogP contribution is 2.32. The standard InChI is InChI=1S/C15H21NS/c1-4-7-12-13-8-5-6-9-14(13)17-15(12)10-16-11(2)3/h5-6,8-9,11,16H,4,7,10H2,1-3H3. The van der Waals surface area contributed by atoms with Gasteiger partial charge in [-0.25, -0.2) is 0 Å². The van der Waals surface area contributed by atoms with Gasteiger partial charge in [0.15, 0.2) is 0 Å². The molecule has 1 aromatic carbocycles. The molecule has 2 aromatic rings. The van der Waals surface area contributed by atoms with Gasteiger partial charge in [0.1, 0.15) is 0 Å². The van der Waals surface area contributed by atoms with Crippen molar-refractivity contribution < 1.29 is 0 Å². The first kappa shape index (κ1) is 12.6. The van der Waals surface area contributed by atoms with Gasteiger partial charge in [0.05, 0.1) is 0 Å². The molecule has 0 aliphatic carbocycles. The summed E-state index contributed by atoms with van der Waals surface area (Å²) in [6.07, 6.45) is 2.41. The number of aryl methyl sites for hydroxylation is 1. The van der Waals surface area contributed by atoms with Gasteiger partial charge in [-0.2, -0.15) is 0 Å². The number of thiophene rings is 1. The molecule has 0 spiro atoms. The van der Waals surface area contributed by atoms with E-state index in [-0.39, 0.29) is 0 Å². The molecule has 0 atom stereocenters. The summed E-state index contributed by atoms with van der Waals surface area (Å²) in [7, 11) is 0. The summed E-state index contributed by atoms with van der Waals surface area (Å²) in [4.78, 5) is 1.52. The van der Waals surface area contributed by atoms with Gasteiger partial charge in [0.2, 0.25) is 0 Å². The third kappa shape index (κ3) is 2.88. The van der Waals surface area contributed by atoms with Crippen LogP contribution < -0.4 is 5.32 Å². The molecule has 1 N–H and O–H groups in total. The third-order valence-corrected chi connectivity index (χ3v) is 4.17. The zero-order chi connectivity index (χ0) is 12.3. The topological polar surface area (TPSA) is 12.0 Å². The molecule has 0 bridgehead atoms. The Morgan fingerprint density at radius 2 is 2.00 bits per heavy atom. The summed E-state index contributed by atoms with van der Waals surface area (Å²) in [6.45, 7) is 7.66. The maximum atomic E-state index is 3.53. The highest BCUT2D eigenvalue weighted by Gasteiger charge is 2.10. The van der Waals surface area contributed by atoms with Crippen LogP contribution in [-0.4, -0.2) is 6.04 Å². The van der Waals surface area contributed by atoms with E-state index >= 15 is 0 Å². The lowest BCUT2D eigenvalue weighted by atomic mass is 10.1. The van der Waals surface area contributed by atoms with Crippen LogP contribution in [0.5, 0.6) is 0 Å². The molecule has 0 unspecified atom stereocenters. The lowest BCUT2D eigenvalue weighted by Crippen LogP contribution is -2.21. The Kier molecular flexibility index (Phi) is 4.19. The molecule has 0 fully saturated rings. The van der Waals surface area contributed by atoms with Gasteiger partial charge < -0.3 is 5.32 Å². The third-order valence-electron chi connectivity index (χ3n) is 2.95. The predicted octanol–water partition coefficient (Wildman–Crippen LogP) is 4.35. The van der Waals surface area contributed by atoms with Crippen molar-refractivity contribution in [1.29, 1.82) is 0 Å². The monoisotopic (exact) mass is 247 g/mol. The summed E-state index contributed by atoms with van der Waals surface area (Å²) < 4.78 is 1.43. The minimum Gasteiger partial charge on any atom is -0.310 e. The fraction of sp³-hybridized carbons (Fsp3) is 0.467. The molecule has 0 saturated heterocycles. The van der Waals surface area contributed by atoms with Crippen molar-refractivity contribution >= 4 is 21.4 Å². The zero-order valence-electron chi connectivity index (χ0n) is 10.9. The SMILES string of the molecule is CCCc1c(CNC(C)C)sc2ccccc12. The van der Waals surface area contributed by atoms with Crippen LogP contribution in [0.1, 0.15) is 37.6 Å². The van der Waals surface area contributed by atoms with E-state index in [2.05, 4.69) is 50.4 Å². The molecule has 92 valence electrons. The van der Waals surface area contributed by atoms with Gasteiger partial charge in [0.25, 0.3) is 0 Å². The number of hydrogen-bond donors (Lipinski definition) is 1. The molecule has 2 rings (SSSR count). The molecule has 0 aliphatic rings. The molecular formula is C15H21NS. The summed E-state index contributed by atoms with van der Waals surface area (Å²) in [6, 6.07) is 9.32. The second kappa shape index (κ2) is 5.65. The van der Waals surface area contributed by atoms with E-state index in [1.165, 1.54) is 27.8 Å². The molecule has 0 saturated carbocycles. The molecule has 0 aliphatic heterocycles. The van der Waals surface area contributed by atoms with Gasteiger partial charge in [-0.15, -0.1) is 11.3 Å². The normalized spacial score (nSPS) is 11.5. The summed E-state index contributed by atoms with van der Waals surface area (Å²) in [5.41, 5.74) is 1.56. The summed E-state index contributed by atoms with van der Waals surface area (Å²) >= 11 is 1.94. The molecule has 2 heteroatoms. The number of fused-ring (bicyclic) bond motifs is 1. The fourth-order valence-corrected chi connectivity index (χ4v) is 3.32. The molecular weight excluding hydrogens is 226 g/mol. The Balaban J connectivity index is 2.35. The van der Waals surface area contributed by atoms with Crippen molar-refractivity contribution in [3.63, 3.8) is 0 Å². The Hall–Kier alpha value is -0.860. The van der Waals surface area contributed by atoms with Crippen molar-refractivity contribution in [2.45, 2.75) is 46.2 Å². The van der Waals surface area contributed by atoms with Gasteiger partial charge in [-0.1, -0.05) is 45.4 Å². The maximum Gasteiger partial charge on any atom is 0.0349 e. The molecule has 17 heavy (non-hydrogen) atoms. The molecule has 1 heterocycles. The Bertz CT molecular complexity index is 485. The number of nitrogens with one attached hydrogen (secondary N) is 1. The second-order valence-electron chi connectivity index (χ2n) is 4.79. The number of benzene rings is 1. The van der Waals surface area contributed by atoms with Crippen LogP contribution in [-0.2, 0) is 13.0 Å². The Labute approximate surface area is 108 Å². The van der Waals surface area contributed by atoms with Crippen LogP contribution in [0.4, 0.5) is 0 Å². The van der Waals surface area contributed by atoms with Gasteiger partial charge in [0, 0.05) is 22.2 Å². The fourth-order valence-electron chi connectivity index (χ4n) is 2.11. The smallest absolute Gasteiger partial charge is 0.0349 e. The van der Waals surface area contributed by atoms with E-state index in [4.69, 9.17) is 0 Å². The highest BCUT2D eigenvalue weighted by molar-refractivity contribution is 7.19. The number of hydrogen-bond acceptors (Lipinski definition) is 2. The van der Waals surface area contributed by atoms with E-state index in [1.54, 1.807) is 5.56 Å². The van der Waals surface area contributed by atoms with Crippen LogP contribution in [0.15, 0.2) is 24.3 Å². The summed E-state index contributed by atoms with van der Waals surface area (Å²) in [5.74, 6) is 0. The first-order valence-electron chi connectivity index (χ1n) is 6.45. The average Bonchev–Trinajstić information content (AvgIpc) is 2.66. The Morgan fingerprint density at radius 3 is 2.71 bits per heavy atom. The van der Waals surface area contributed by atoms with E-state index in [0.717, 1.165) is 6.54 Å². The van der Waals surface area contributed by atoms with Gasteiger partial charge in [-0.05, 0) is 23.4 Å². The minimum atomic E-state index is 0.551. The van der Waals surface area contributed by atoms with Crippen molar-refractivity contribution in [1.82, 2.24) is 5.32 Å². The first-order chi connectivity index (χ1) is 8.22. The van der Waals surface area contributed by atoms with Crippen molar-refractivity contribution in [3.05, 3.63) is 34.7 Å². The van der Waals surface area contributed by atoms with Crippen molar-refractivity contribution in [2.24, 2.45) is 0 Å². The van der Waals surface area contributed by atoms with E-state index in [9.17, 15) is 0 Å². The van der Waals surface area contributed by atoms with Gasteiger partial charge in [-0.3, -0.25) is 0 Å². The predicted molar refractivity (Wildman–Crippen MR) is 77.8 cm³/mol. The van der Waals surface area contributed by atoms with Gasteiger partial charge >= 0.3 is 0 Å². The average molecular weight is 247 g/mol. The maximum absolute atomic E-state index is 3.53. The highest BCUT2D eigenvalue weighted by atomic mass is 32.1. The minimum absolute atomic E-state index is 0.551. The lowest BCUT2D eigenvalue weighted by Gasteiger charge is -2.08. The van der Waals surface area contributed by atoms with E-state index in [1.807, 2.05) is 11.3 Å². The Morgan fingerprint density at radius 1 is 1.24 bits per heavy atom. The first-order valence-corrected chi connectivity index (χ1v) is 7.26.